The van der Waals surface area contributed by atoms with Crippen molar-refractivity contribution in [2.24, 2.45) is 23.7 Å². The highest BCUT2D eigenvalue weighted by molar-refractivity contribution is 9.13. The largest absolute Gasteiger partial charge is 0.309 e. The molecule has 4 rings (SSSR count). The number of halogens is 2. The van der Waals surface area contributed by atoms with Gasteiger partial charge in [0.15, 0.2) is 0 Å². The van der Waals surface area contributed by atoms with Crippen molar-refractivity contribution in [1.29, 1.82) is 0 Å². The molecule has 3 aliphatic rings. The number of hydrogen-bond acceptors (Lipinski definition) is 2. The van der Waals surface area contributed by atoms with Crippen LogP contribution in [-0.4, -0.2) is 6.04 Å². The SMILES string of the molecule is Brc1cc(CNC2C3C4CCC(C4)C23)sc1Br. The van der Waals surface area contributed by atoms with Crippen molar-refractivity contribution in [3.8, 4) is 0 Å². The number of nitrogens with one attached hydrogen (secondary N) is 1. The highest BCUT2D eigenvalue weighted by Crippen LogP contribution is 2.65. The minimum Gasteiger partial charge on any atom is -0.309 e. The van der Waals surface area contributed by atoms with Crippen molar-refractivity contribution in [3.63, 3.8) is 0 Å². The Hall–Kier alpha value is 0.620. The first-order valence-electron chi connectivity index (χ1n) is 6.41. The average Bonchev–Trinajstić information content (AvgIpc) is 2.64. The monoisotopic (exact) mass is 375 g/mol. The Labute approximate surface area is 123 Å². The van der Waals surface area contributed by atoms with Gasteiger partial charge in [0.2, 0.25) is 0 Å². The summed E-state index contributed by atoms with van der Waals surface area (Å²) in [6.45, 7) is 1.05. The third kappa shape index (κ3) is 1.78. The third-order valence-electron chi connectivity index (χ3n) is 4.94. The third-order valence-corrected chi connectivity index (χ3v) is 8.20. The molecule has 1 aromatic heterocycles. The smallest absolute Gasteiger partial charge is 0.0843 e. The standard InChI is InChI=1S/C13H15Br2NS/c14-9-4-8(17-13(9)15)5-16-12-10-6-1-2-7(3-6)11(10)12/h4,6-7,10-12,16H,1-3,5H2. The summed E-state index contributed by atoms with van der Waals surface area (Å²) in [5, 5.41) is 3.79. The molecule has 1 N–H and O–H groups in total. The molecule has 2 bridgehead atoms. The van der Waals surface area contributed by atoms with Crippen LogP contribution in [0.3, 0.4) is 0 Å². The van der Waals surface area contributed by atoms with Gasteiger partial charge in [-0.15, -0.1) is 11.3 Å². The van der Waals surface area contributed by atoms with Crippen molar-refractivity contribution in [2.75, 3.05) is 0 Å². The molecule has 0 aromatic carbocycles. The summed E-state index contributed by atoms with van der Waals surface area (Å²) in [5.41, 5.74) is 0. The average molecular weight is 377 g/mol. The number of thiophene rings is 1. The molecule has 0 spiro atoms. The minimum absolute atomic E-state index is 0.848. The van der Waals surface area contributed by atoms with Crippen LogP contribution in [0.2, 0.25) is 0 Å². The van der Waals surface area contributed by atoms with Crippen LogP contribution in [0.25, 0.3) is 0 Å². The fourth-order valence-corrected chi connectivity index (χ4v) is 6.42. The highest BCUT2D eigenvalue weighted by atomic mass is 79.9. The molecule has 92 valence electrons. The van der Waals surface area contributed by atoms with Crippen molar-refractivity contribution in [1.82, 2.24) is 5.32 Å². The van der Waals surface area contributed by atoms with Crippen molar-refractivity contribution in [2.45, 2.75) is 31.8 Å². The van der Waals surface area contributed by atoms with E-state index in [1.54, 1.807) is 6.42 Å². The Balaban J connectivity index is 1.38. The van der Waals surface area contributed by atoms with E-state index in [9.17, 15) is 0 Å². The Bertz CT molecular complexity index is 423. The van der Waals surface area contributed by atoms with Gasteiger partial charge in [-0.25, -0.2) is 0 Å². The lowest BCUT2D eigenvalue weighted by molar-refractivity contribution is 0.456. The van der Waals surface area contributed by atoms with Gasteiger partial charge in [-0.05, 0) is 80.9 Å². The molecular weight excluding hydrogens is 362 g/mol. The van der Waals surface area contributed by atoms with Gasteiger partial charge in [-0.2, -0.15) is 0 Å². The summed E-state index contributed by atoms with van der Waals surface area (Å²) < 4.78 is 2.40. The van der Waals surface area contributed by atoms with Gasteiger partial charge < -0.3 is 5.32 Å². The van der Waals surface area contributed by atoms with Gasteiger partial charge in [0.05, 0.1) is 3.79 Å². The molecule has 0 radical (unpaired) electrons. The second-order valence-electron chi connectivity index (χ2n) is 5.73. The van der Waals surface area contributed by atoms with Crippen LogP contribution >= 0.6 is 43.2 Å². The molecule has 0 saturated heterocycles. The lowest BCUT2D eigenvalue weighted by Gasteiger charge is -2.09. The van der Waals surface area contributed by atoms with Gasteiger partial charge >= 0.3 is 0 Å². The Morgan fingerprint density at radius 1 is 1.24 bits per heavy atom. The number of hydrogen-bond donors (Lipinski definition) is 1. The van der Waals surface area contributed by atoms with Crippen LogP contribution in [0.15, 0.2) is 14.3 Å². The zero-order valence-electron chi connectivity index (χ0n) is 9.46. The Morgan fingerprint density at radius 2 is 1.94 bits per heavy atom. The van der Waals surface area contributed by atoms with Crippen LogP contribution in [0, 0.1) is 23.7 Å². The van der Waals surface area contributed by atoms with E-state index < -0.39 is 0 Å². The maximum Gasteiger partial charge on any atom is 0.0843 e. The Kier molecular flexibility index (Phi) is 2.73. The molecule has 3 fully saturated rings. The normalized spacial score (nSPS) is 41.9. The molecule has 4 unspecified atom stereocenters. The summed E-state index contributed by atoms with van der Waals surface area (Å²) in [4.78, 5) is 1.43. The predicted molar refractivity (Wildman–Crippen MR) is 78.2 cm³/mol. The molecule has 0 aliphatic heterocycles. The quantitative estimate of drug-likeness (QED) is 0.823. The maximum absolute atomic E-state index is 3.79. The summed E-state index contributed by atoms with van der Waals surface area (Å²) in [5.74, 6) is 4.23. The van der Waals surface area contributed by atoms with Crippen LogP contribution < -0.4 is 5.32 Å². The van der Waals surface area contributed by atoms with E-state index in [4.69, 9.17) is 0 Å². The lowest BCUT2D eigenvalue weighted by atomic mass is 10.0. The molecule has 1 heterocycles. The predicted octanol–water partition coefficient (Wildman–Crippen LogP) is 4.41. The molecule has 17 heavy (non-hydrogen) atoms. The summed E-state index contributed by atoms with van der Waals surface area (Å²) in [6, 6.07) is 3.08. The van der Waals surface area contributed by atoms with Gasteiger partial charge in [-0.1, -0.05) is 0 Å². The van der Waals surface area contributed by atoms with E-state index in [0.717, 1.165) is 36.3 Å². The molecule has 1 aromatic rings. The molecule has 4 atom stereocenters. The summed E-state index contributed by atoms with van der Waals surface area (Å²) in [7, 11) is 0. The van der Waals surface area contributed by atoms with Gasteiger partial charge in [-0.3, -0.25) is 0 Å². The van der Waals surface area contributed by atoms with E-state index in [2.05, 4.69) is 43.2 Å². The zero-order valence-corrected chi connectivity index (χ0v) is 13.4. The lowest BCUT2D eigenvalue weighted by Crippen LogP contribution is -2.21. The molecular formula is C13H15Br2NS. The molecule has 3 aliphatic carbocycles. The van der Waals surface area contributed by atoms with E-state index in [1.165, 1.54) is 26.0 Å². The van der Waals surface area contributed by atoms with Crippen LogP contribution in [-0.2, 0) is 6.54 Å². The first-order valence-corrected chi connectivity index (χ1v) is 8.81. The van der Waals surface area contributed by atoms with Gasteiger partial charge in [0, 0.05) is 21.9 Å². The van der Waals surface area contributed by atoms with Gasteiger partial charge in [0.25, 0.3) is 0 Å². The van der Waals surface area contributed by atoms with Crippen molar-refractivity contribution in [3.05, 3.63) is 19.2 Å². The summed E-state index contributed by atoms with van der Waals surface area (Å²) >= 11 is 8.95. The summed E-state index contributed by atoms with van der Waals surface area (Å²) in [6.07, 6.45) is 4.57. The fourth-order valence-electron chi connectivity index (χ4n) is 4.30. The fraction of sp³-hybridized carbons (Fsp3) is 0.692. The van der Waals surface area contributed by atoms with E-state index in [-0.39, 0.29) is 0 Å². The van der Waals surface area contributed by atoms with E-state index in [1.807, 2.05) is 11.3 Å². The van der Waals surface area contributed by atoms with Crippen LogP contribution in [0.1, 0.15) is 24.1 Å². The highest BCUT2D eigenvalue weighted by Gasteiger charge is 2.64. The molecule has 4 heteroatoms. The zero-order chi connectivity index (χ0) is 11.6. The topological polar surface area (TPSA) is 12.0 Å². The van der Waals surface area contributed by atoms with Crippen LogP contribution in [0.5, 0.6) is 0 Å². The van der Waals surface area contributed by atoms with E-state index >= 15 is 0 Å². The van der Waals surface area contributed by atoms with Crippen molar-refractivity contribution < 1.29 is 0 Å². The maximum atomic E-state index is 3.79. The first kappa shape index (κ1) is 11.4. The van der Waals surface area contributed by atoms with E-state index in [0.29, 0.717) is 0 Å². The van der Waals surface area contributed by atoms with Gasteiger partial charge in [0.1, 0.15) is 0 Å². The second kappa shape index (κ2) is 4.06. The molecule has 3 saturated carbocycles. The number of rotatable bonds is 3. The Morgan fingerprint density at radius 3 is 2.53 bits per heavy atom. The number of fused-ring (bicyclic) bond motifs is 5. The minimum atomic E-state index is 0.848. The first-order chi connectivity index (χ1) is 8.24. The molecule has 1 nitrogen and oxygen atoms in total. The second-order valence-corrected chi connectivity index (χ2v) is 9.04. The van der Waals surface area contributed by atoms with Crippen LogP contribution in [0.4, 0.5) is 0 Å². The molecule has 0 amide bonds. The van der Waals surface area contributed by atoms with Crippen molar-refractivity contribution >= 4 is 43.2 Å².